The maximum absolute atomic E-state index is 14.0. The molecule has 2 fully saturated rings. The van der Waals surface area contributed by atoms with Gasteiger partial charge < -0.3 is 9.80 Å². The number of hydrogen-bond acceptors (Lipinski definition) is 3. The molecule has 5 rings (SSSR count). The normalized spacial score (nSPS) is 23.6. The number of halogens is 1. The Morgan fingerprint density at radius 3 is 2.77 bits per heavy atom. The Balaban J connectivity index is 1.57. The van der Waals surface area contributed by atoms with E-state index in [1.54, 1.807) is 11.8 Å². The second-order valence-electron chi connectivity index (χ2n) is 8.51. The zero-order valence-electron chi connectivity index (χ0n) is 17.1. The van der Waals surface area contributed by atoms with E-state index < -0.39 is 4.87 Å². The number of rotatable bonds is 3. The summed E-state index contributed by atoms with van der Waals surface area (Å²) in [5.41, 5.74) is 3.97. The van der Waals surface area contributed by atoms with Gasteiger partial charge in [0, 0.05) is 28.8 Å². The number of fused-ring (bicyclic) bond motifs is 2. The molecule has 1 unspecified atom stereocenters. The van der Waals surface area contributed by atoms with Gasteiger partial charge in [0.2, 0.25) is 5.91 Å². The first-order valence-corrected chi connectivity index (χ1v) is 12.0. The zero-order chi connectivity index (χ0) is 20.9. The molecular formula is C24H25ClN2O2S. The fraction of sp³-hybridized carbons (Fsp3) is 0.417. The maximum atomic E-state index is 14.0. The van der Waals surface area contributed by atoms with Gasteiger partial charge in [-0.1, -0.05) is 54.3 Å². The molecule has 0 bridgehead atoms. The van der Waals surface area contributed by atoms with Gasteiger partial charge in [0.25, 0.3) is 5.91 Å². The lowest BCUT2D eigenvalue weighted by Crippen LogP contribution is -2.51. The zero-order valence-corrected chi connectivity index (χ0v) is 18.6. The molecule has 1 saturated carbocycles. The highest BCUT2D eigenvalue weighted by atomic mass is 35.5. The molecule has 4 nitrogen and oxygen atoms in total. The molecule has 2 aromatic rings. The average molecular weight is 441 g/mol. The molecule has 2 aromatic carbocycles. The number of amides is 2. The van der Waals surface area contributed by atoms with Gasteiger partial charge in [0.15, 0.2) is 4.87 Å². The Morgan fingerprint density at radius 1 is 1.20 bits per heavy atom. The van der Waals surface area contributed by atoms with Crippen LogP contribution in [0.4, 0.5) is 5.69 Å². The molecule has 1 saturated heterocycles. The highest BCUT2D eigenvalue weighted by Gasteiger charge is 2.60. The van der Waals surface area contributed by atoms with E-state index in [-0.39, 0.29) is 17.7 Å². The molecule has 0 radical (unpaired) electrons. The van der Waals surface area contributed by atoms with Crippen molar-refractivity contribution in [3.8, 4) is 0 Å². The topological polar surface area (TPSA) is 40.6 Å². The highest BCUT2D eigenvalue weighted by molar-refractivity contribution is 8.01. The molecular weight excluding hydrogens is 416 g/mol. The first-order chi connectivity index (χ1) is 14.5. The minimum atomic E-state index is -0.982. The molecule has 1 atom stereocenters. The van der Waals surface area contributed by atoms with E-state index in [0.717, 1.165) is 48.3 Å². The monoisotopic (exact) mass is 440 g/mol. The number of aryl methyl sites for hydroxylation is 1. The maximum Gasteiger partial charge on any atom is 0.268 e. The lowest BCUT2D eigenvalue weighted by Gasteiger charge is -2.35. The van der Waals surface area contributed by atoms with E-state index in [1.165, 1.54) is 5.56 Å². The average Bonchev–Trinajstić information content (AvgIpc) is 3.45. The third-order valence-electron chi connectivity index (χ3n) is 6.55. The molecule has 156 valence electrons. The Bertz CT molecular complexity index is 1020. The summed E-state index contributed by atoms with van der Waals surface area (Å²) in [5, 5.41) is 0.596. The molecule has 0 aromatic heterocycles. The fourth-order valence-electron chi connectivity index (χ4n) is 5.15. The first kappa shape index (κ1) is 20.0. The summed E-state index contributed by atoms with van der Waals surface area (Å²) in [5.74, 6) is 0.917. The predicted octanol–water partition coefficient (Wildman–Crippen LogP) is 5.11. The predicted molar refractivity (Wildman–Crippen MR) is 122 cm³/mol. The van der Waals surface area contributed by atoms with Crippen LogP contribution in [0.5, 0.6) is 0 Å². The number of nitrogens with zero attached hydrogens (tertiary/aromatic N) is 2. The second kappa shape index (κ2) is 7.61. The van der Waals surface area contributed by atoms with E-state index in [0.29, 0.717) is 18.1 Å². The van der Waals surface area contributed by atoms with Gasteiger partial charge in [-0.15, -0.1) is 11.8 Å². The van der Waals surface area contributed by atoms with E-state index in [9.17, 15) is 9.59 Å². The quantitative estimate of drug-likeness (QED) is 0.665. The minimum Gasteiger partial charge on any atom is -0.315 e. The van der Waals surface area contributed by atoms with Crippen molar-refractivity contribution in [2.75, 3.05) is 17.2 Å². The van der Waals surface area contributed by atoms with Gasteiger partial charge in [0.05, 0.1) is 12.2 Å². The van der Waals surface area contributed by atoms with E-state index in [4.69, 9.17) is 11.6 Å². The third-order valence-corrected chi connectivity index (χ3v) is 8.20. The molecule has 30 heavy (non-hydrogen) atoms. The summed E-state index contributed by atoms with van der Waals surface area (Å²) in [6.07, 6.45) is 4.06. The van der Waals surface area contributed by atoms with Gasteiger partial charge in [-0.05, 0) is 43.5 Å². The van der Waals surface area contributed by atoms with Gasteiger partial charge in [-0.3, -0.25) is 9.59 Å². The SMILES string of the molecule is Cc1cccc(CN2C(=O)C3(SCCN3C(=O)C3CCCC3)c3cc(Cl)ccc32)c1. The molecule has 6 heteroatoms. The van der Waals surface area contributed by atoms with Crippen LogP contribution in [-0.2, 0) is 21.0 Å². The second-order valence-corrected chi connectivity index (χ2v) is 10.2. The smallest absolute Gasteiger partial charge is 0.268 e. The summed E-state index contributed by atoms with van der Waals surface area (Å²) in [4.78, 5) is 30.2. The van der Waals surface area contributed by atoms with Crippen LogP contribution in [0.1, 0.15) is 42.4 Å². The number of thioether (sulfide) groups is 1. The van der Waals surface area contributed by atoms with Crippen LogP contribution < -0.4 is 4.90 Å². The van der Waals surface area contributed by atoms with Gasteiger partial charge in [-0.2, -0.15) is 0 Å². The summed E-state index contributed by atoms with van der Waals surface area (Å²) in [6.45, 7) is 3.15. The third kappa shape index (κ3) is 3.05. The Labute approximate surface area is 186 Å². The number of hydrogen-bond donors (Lipinski definition) is 0. The summed E-state index contributed by atoms with van der Waals surface area (Å²) < 4.78 is 0. The molecule has 2 amide bonds. The van der Waals surface area contributed by atoms with Crippen molar-refractivity contribution >= 4 is 40.9 Å². The van der Waals surface area contributed by atoms with Crippen LogP contribution in [0, 0.1) is 12.8 Å². The minimum absolute atomic E-state index is 0.0184. The fourth-order valence-corrected chi connectivity index (χ4v) is 6.78. The van der Waals surface area contributed by atoms with Crippen molar-refractivity contribution in [3.05, 3.63) is 64.2 Å². The largest absolute Gasteiger partial charge is 0.315 e. The first-order valence-electron chi connectivity index (χ1n) is 10.6. The molecule has 1 spiro atoms. The molecule has 2 heterocycles. The van der Waals surface area contributed by atoms with Crippen molar-refractivity contribution in [2.45, 2.75) is 44.0 Å². The van der Waals surface area contributed by atoms with Crippen LogP contribution >= 0.6 is 23.4 Å². The lowest BCUT2D eigenvalue weighted by molar-refractivity contribution is -0.143. The van der Waals surface area contributed by atoms with Gasteiger partial charge in [-0.25, -0.2) is 0 Å². The van der Waals surface area contributed by atoms with Crippen LogP contribution in [-0.4, -0.2) is 29.0 Å². The van der Waals surface area contributed by atoms with E-state index in [1.807, 2.05) is 40.1 Å². The molecule has 1 aliphatic carbocycles. The Morgan fingerprint density at radius 2 is 2.00 bits per heavy atom. The highest BCUT2D eigenvalue weighted by Crippen LogP contribution is 2.55. The van der Waals surface area contributed by atoms with Crippen molar-refractivity contribution < 1.29 is 9.59 Å². The van der Waals surface area contributed by atoms with Crippen LogP contribution in [0.3, 0.4) is 0 Å². The Kier molecular flexibility index (Phi) is 5.06. The summed E-state index contributed by atoms with van der Waals surface area (Å²) >= 11 is 7.95. The van der Waals surface area contributed by atoms with Gasteiger partial charge >= 0.3 is 0 Å². The van der Waals surface area contributed by atoms with Crippen molar-refractivity contribution in [2.24, 2.45) is 5.92 Å². The standard InChI is InChI=1S/C24H25ClN2O2S/c1-16-5-4-6-17(13-16)15-26-21-10-9-19(25)14-20(21)24(23(26)29)27(11-12-30-24)22(28)18-7-2-3-8-18/h4-6,9-10,13-14,18H,2-3,7-8,11-12,15H2,1H3. The number of anilines is 1. The number of benzene rings is 2. The van der Waals surface area contributed by atoms with Crippen molar-refractivity contribution in [3.63, 3.8) is 0 Å². The number of carbonyl (C=O) groups excluding carboxylic acids is 2. The molecule has 0 N–H and O–H groups in total. The van der Waals surface area contributed by atoms with E-state index in [2.05, 4.69) is 19.1 Å². The lowest BCUT2D eigenvalue weighted by atomic mass is 10.0. The molecule has 3 aliphatic rings. The van der Waals surface area contributed by atoms with Crippen molar-refractivity contribution in [1.82, 2.24) is 4.90 Å². The number of carbonyl (C=O) groups is 2. The summed E-state index contributed by atoms with van der Waals surface area (Å²) in [7, 11) is 0. The van der Waals surface area contributed by atoms with Crippen molar-refractivity contribution in [1.29, 1.82) is 0 Å². The van der Waals surface area contributed by atoms with Crippen LogP contribution in [0.15, 0.2) is 42.5 Å². The van der Waals surface area contributed by atoms with Gasteiger partial charge in [0.1, 0.15) is 0 Å². The Hall–Kier alpha value is -1.98. The van der Waals surface area contributed by atoms with Crippen LogP contribution in [0.25, 0.3) is 0 Å². The van der Waals surface area contributed by atoms with E-state index >= 15 is 0 Å². The summed E-state index contributed by atoms with van der Waals surface area (Å²) in [6, 6.07) is 13.9. The van der Waals surface area contributed by atoms with Crippen LogP contribution in [0.2, 0.25) is 5.02 Å². The molecule has 2 aliphatic heterocycles.